The number of fused-ring (bicyclic) bond motifs is 4. The van der Waals surface area contributed by atoms with Crippen LogP contribution in [0.15, 0.2) is 72.5 Å². The van der Waals surface area contributed by atoms with Crippen LogP contribution in [0, 0.1) is 6.07 Å². The van der Waals surface area contributed by atoms with E-state index in [1.165, 1.54) is 72.9 Å². The summed E-state index contributed by atoms with van der Waals surface area (Å²) >= 11 is 0. The minimum atomic E-state index is 0. The number of hydrogen-bond donors (Lipinski definition) is 1. The summed E-state index contributed by atoms with van der Waals surface area (Å²) in [6, 6.07) is 25.0. The van der Waals surface area contributed by atoms with E-state index in [0.29, 0.717) is 0 Å². The summed E-state index contributed by atoms with van der Waals surface area (Å²) in [5, 5.41) is 12.2. The summed E-state index contributed by atoms with van der Waals surface area (Å²) < 4.78 is 0. The average molecular weight is 602 g/mol. The third kappa shape index (κ3) is 5.51. The molecular formula is C28H27IrNO2. The zero-order valence-corrected chi connectivity index (χ0v) is 20.7. The van der Waals surface area contributed by atoms with E-state index in [-0.39, 0.29) is 31.6 Å². The predicted molar refractivity (Wildman–Crippen MR) is 129 cm³/mol. The zero-order valence-electron chi connectivity index (χ0n) is 18.4. The molecule has 0 bridgehead atoms. The van der Waals surface area contributed by atoms with Gasteiger partial charge in [-0.1, -0.05) is 61.7 Å². The van der Waals surface area contributed by atoms with Crippen molar-refractivity contribution in [3.8, 4) is 11.3 Å². The van der Waals surface area contributed by atoms with Crippen LogP contribution >= 0.6 is 0 Å². The van der Waals surface area contributed by atoms with E-state index in [2.05, 4.69) is 66.7 Å². The Hall–Kier alpha value is -2.81. The second kappa shape index (κ2) is 10.7. The monoisotopic (exact) mass is 602 g/mol. The van der Waals surface area contributed by atoms with E-state index >= 15 is 0 Å². The van der Waals surface area contributed by atoms with Crippen LogP contribution in [0.25, 0.3) is 32.9 Å². The second-order valence-corrected chi connectivity index (χ2v) is 8.08. The maximum Gasteiger partial charge on any atom is 0.316 e. The standard InChI is InChI=1S/C23H18N.C5H8O2.Ir/c1-2-7-18-15-19(10-9-16(18)5-1)22-14-12-21-20-8-4-3-6-17(20)11-13-23(21)24-22;1-4(6)3-5(2)7;/h3-4,6,8-9,11-15H,1-2,5,7H2;3,6H,1-2H3;/q-1;;/p+1/b;4-3-;. The van der Waals surface area contributed by atoms with Gasteiger partial charge in [-0.2, -0.15) is 0 Å². The number of carbonyl (C=O) groups excluding carboxylic acids is 1. The van der Waals surface area contributed by atoms with Crippen molar-refractivity contribution in [3.05, 3.63) is 89.7 Å². The topological polar surface area (TPSA) is 54.5 Å². The Morgan fingerprint density at radius 3 is 2.44 bits per heavy atom. The molecule has 0 atom stereocenters. The molecule has 1 heterocycles. The van der Waals surface area contributed by atoms with Crippen LogP contribution in [0.1, 0.15) is 37.8 Å². The van der Waals surface area contributed by atoms with Crippen molar-refractivity contribution in [2.75, 3.05) is 0 Å². The number of nitrogens with zero attached hydrogens (tertiary/aromatic N) is 1. The number of aliphatic hydroxyl groups is 1. The third-order valence-electron chi connectivity index (χ3n) is 5.57. The summed E-state index contributed by atoms with van der Waals surface area (Å²) in [6.07, 6.45) is 6.27. The summed E-state index contributed by atoms with van der Waals surface area (Å²) in [7, 11) is 0. The zero-order chi connectivity index (χ0) is 21.8. The van der Waals surface area contributed by atoms with Crippen molar-refractivity contribution in [1.82, 2.24) is 4.98 Å². The number of allylic oxidation sites excluding steroid dienone is 2. The number of aryl methyl sites for hydroxylation is 2. The largest absolute Gasteiger partial charge is 0.512 e. The average Bonchev–Trinajstić information content (AvgIpc) is 2.78. The van der Waals surface area contributed by atoms with Crippen molar-refractivity contribution >= 4 is 27.5 Å². The van der Waals surface area contributed by atoms with Gasteiger partial charge >= 0.3 is 5.78 Å². The van der Waals surface area contributed by atoms with Crippen LogP contribution in [0.4, 0.5) is 0 Å². The Balaban J connectivity index is 0.000000318. The summed E-state index contributed by atoms with van der Waals surface area (Å²) in [5.41, 5.74) is 6.14. The number of ketones is 1. The Kier molecular flexibility index (Phi) is 7.95. The van der Waals surface area contributed by atoms with Gasteiger partial charge in [0.1, 0.15) is 0 Å². The van der Waals surface area contributed by atoms with Gasteiger partial charge in [-0.3, -0.25) is 9.78 Å². The van der Waals surface area contributed by atoms with E-state index in [1.807, 2.05) is 0 Å². The van der Waals surface area contributed by atoms with Gasteiger partial charge < -0.3 is 5.11 Å². The molecule has 1 radical (unpaired) electrons. The van der Waals surface area contributed by atoms with Crippen molar-refractivity contribution in [1.29, 1.82) is 0 Å². The van der Waals surface area contributed by atoms with Gasteiger partial charge in [0.2, 0.25) is 0 Å². The molecule has 2 N–H and O–H groups in total. The predicted octanol–water partition coefficient (Wildman–Crippen LogP) is 6.74. The fraction of sp³-hybridized carbons (Fsp3) is 0.214. The molecule has 165 valence electrons. The molecule has 3 aromatic carbocycles. The maximum atomic E-state index is 8.40. The van der Waals surface area contributed by atoms with E-state index < -0.39 is 0 Å². The first kappa shape index (κ1) is 23.8. The minimum absolute atomic E-state index is 0. The van der Waals surface area contributed by atoms with Crippen LogP contribution in [-0.4, -0.2) is 20.7 Å². The van der Waals surface area contributed by atoms with Crippen molar-refractivity contribution < 1.29 is 30.0 Å². The van der Waals surface area contributed by atoms with Crippen molar-refractivity contribution in [2.24, 2.45) is 0 Å². The summed E-state index contributed by atoms with van der Waals surface area (Å²) in [4.78, 5) is 13.3. The van der Waals surface area contributed by atoms with Crippen molar-refractivity contribution in [2.45, 2.75) is 39.5 Å². The molecule has 0 unspecified atom stereocenters. The van der Waals surface area contributed by atoms with E-state index in [9.17, 15) is 0 Å². The molecule has 1 aromatic heterocycles. The molecule has 1 aliphatic rings. The smallest absolute Gasteiger partial charge is 0.316 e. The first-order valence-electron chi connectivity index (χ1n) is 10.7. The Bertz CT molecular complexity index is 1290. The Morgan fingerprint density at radius 2 is 1.72 bits per heavy atom. The van der Waals surface area contributed by atoms with Crippen LogP contribution in [0.3, 0.4) is 0 Å². The Morgan fingerprint density at radius 1 is 0.969 bits per heavy atom. The number of hydrogen-bond acceptors (Lipinski definition) is 2. The first-order chi connectivity index (χ1) is 15.0. The molecule has 32 heavy (non-hydrogen) atoms. The normalized spacial score (nSPS) is 13.0. The molecule has 1 aliphatic carbocycles. The summed E-state index contributed by atoms with van der Waals surface area (Å²) in [6.45, 7) is 3.00. The second-order valence-electron chi connectivity index (χ2n) is 8.08. The van der Waals surface area contributed by atoms with Gasteiger partial charge in [-0.15, -0.1) is 34.9 Å². The van der Waals surface area contributed by atoms with Crippen LogP contribution in [0.2, 0.25) is 0 Å². The number of aromatic nitrogens is 1. The van der Waals surface area contributed by atoms with Gasteiger partial charge in [-0.25, -0.2) is 0 Å². The molecule has 0 saturated heterocycles. The first-order valence-corrected chi connectivity index (χ1v) is 10.7. The molecule has 4 aromatic rings. The number of pyridine rings is 1. The number of benzene rings is 3. The molecule has 0 fully saturated rings. The molecule has 0 spiro atoms. The SMILES string of the molecule is CC(=[OH+])/C=C(/C)O.[Ir].[c-]1cc2c(cc1-c1ccc3c(ccc4ccccc43)n1)CCCC2. The molecule has 5 rings (SSSR count). The van der Waals surface area contributed by atoms with Crippen LogP contribution in [-0.2, 0) is 32.9 Å². The molecule has 0 aliphatic heterocycles. The van der Waals surface area contributed by atoms with Gasteiger partial charge in [0.25, 0.3) is 0 Å². The maximum absolute atomic E-state index is 8.40. The molecule has 0 saturated carbocycles. The van der Waals surface area contributed by atoms with Gasteiger partial charge in [-0.05, 0) is 35.9 Å². The summed E-state index contributed by atoms with van der Waals surface area (Å²) in [5.74, 6) is 0.250. The number of aliphatic hydroxyl groups excluding tert-OH is 1. The quantitative estimate of drug-likeness (QED) is 0.0910. The molecule has 0 amide bonds. The van der Waals surface area contributed by atoms with Gasteiger partial charge in [0.15, 0.2) is 0 Å². The fourth-order valence-corrected chi connectivity index (χ4v) is 4.15. The van der Waals surface area contributed by atoms with E-state index in [0.717, 1.165) is 16.8 Å². The van der Waals surface area contributed by atoms with Crippen molar-refractivity contribution in [3.63, 3.8) is 0 Å². The van der Waals surface area contributed by atoms with E-state index in [4.69, 9.17) is 14.9 Å². The third-order valence-corrected chi connectivity index (χ3v) is 5.57. The van der Waals surface area contributed by atoms with Crippen LogP contribution < -0.4 is 0 Å². The minimum Gasteiger partial charge on any atom is -0.512 e. The van der Waals surface area contributed by atoms with E-state index in [1.54, 1.807) is 0 Å². The number of rotatable bonds is 2. The fourth-order valence-electron chi connectivity index (χ4n) is 4.15. The molecule has 4 heteroatoms. The Labute approximate surface area is 202 Å². The van der Waals surface area contributed by atoms with Crippen LogP contribution in [0.5, 0.6) is 0 Å². The van der Waals surface area contributed by atoms with Gasteiger partial charge in [0, 0.05) is 25.5 Å². The molecule has 3 nitrogen and oxygen atoms in total. The molecular weight excluding hydrogens is 575 g/mol. The van der Waals surface area contributed by atoms with Gasteiger partial charge in [0.05, 0.1) is 24.3 Å².